The Bertz CT molecular complexity index is 870. The van der Waals surface area contributed by atoms with Gasteiger partial charge in [0.05, 0.1) is 25.1 Å². The first-order valence-corrected chi connectivity index (χ1v) is 9.31. The Labute approximate surface area is 156 Å². The number of benzene rings is 1. The fourth-order valence-electron chi connectivity index (χ4n) is 2.52. The number of hydrogen-bond acceptors (Lipinski definition) is 3. The number of rotatable bonds is 6. The minimum absolute atomic E-state index is 0.289. The van der Waals surface area contributed by atoms with Gasteiger partial charge < -0.3 is 15.2 Å². The van der Waals surface area contributed by atoms with E-state index in [1.165, 1.54) is 15.8 Å². The number of nitrogens with zero attached hydrogens (tertiary/aromatic N) is 3. The van der Waals surface area contributed by atoms with E-state index in [1.54, 1.807) is 40.7 Å². The molecule has 136 valence electrons. The molecule has 0 amide bonds. The van der Waals surface area contributed by atoms with E-state index in [0.29, 0.717) is 12.2 Å². The topological polar surface area (TPSA) is 54.2 Å². The van der Waals surface area contributed by atoms with Gasteiger partial charge in [-0.15, -0.1) is 11.3 Å². The van der Waals surface area contributed by atoms with E-state index < -0.39 is 0 Å². The minimum Gasteiger partial charge on any atom is -0.357 e. The average Bonchev–Trinajstić information content (AvgIpc) is 3.29. The van der Waals surface area contributed by atoms with Crippen molar-refractivity contribution in [2.75, 3.05) is 6.54 Å². The van der Waals surface area contributed by atoms with E-state index in [9.17, 15) is 4.39 Å². The zero-order valence-corrected chi connectivity index (χ0v) is 15.7. The summed E-state index contributed by atoms with van der Waals surface area (Å²) < 4.78 is 16.0. The molecule has 1 aromatic carbocycles. The predicted molar refractivity (Wildman–Crippen MR) is 104 cm³/mol. The summed E-state index contributed by atoms with van der Waals surface area (Å²) in [5, 5.41) is 6.53. The van der Waals surface area contributed by atoms with Crippen molar-refractivity contribution in [2.45, 2.75) is 26.9 Å². The fraction of sp³-hybridized carbons (Fsp3) is 0.263. The van der Waals surface area contributed by atoms with Crippen LogP contribution in [0.2, 0.25) is 0 Å². The monoisotopic (exact) mass is 371 g/mol. The van der Waals surface area contributed by atoms with Crippen LogP contribution in [0, 0.1) is 12.7 Å². The summed E-state index contributed by atoms with van der Waals surface area (Å²) in [6, 6.07) is 9.37. The van der Waals surface area contributed by atoms with Gasteiger partial charge >= 0.3 is 0 Å². The van der Waals surface area contributed by atoms with Crippen molar-refractivity contribution >= 4 is 17.3 Å². The van der Waals surface area contributed by atoms with Gasteiger partial charge in [-0.3, -0.25) is 0 Å². The van der Waals surface area contributed by atoms with Crippen molar-refractivity contribution in [3.05, 3.63) is 70.2 Å². The number of hydrogen-bond donors (Lipinski definition) is 2. The van der Waals surface area contributed by atoms with Crippen LogP contribution >= 0.6 is 11.3 Å². The van der Waals surface area contributed by atoms with E-state index in [-0.39, 0.29) is 5.82 Å². The van der Waals surface area contributed by atoms with Crippen molar-refractivity contribution in [3.63, 3.8) is 0 Å². The van der Waals surface area contributed by atoms with Gasteiger partial charge in [-0.2, -0.15) is 0 Å². The quantitative estimate of drug-likeness (QED) is 0.514. The molecule has 3 rings (SSSR count). The van der Waals surface area contributed by atoms with Crippen molar-refractivity contribution in [1.29, 1.82) is 0 Å². The molecule has 0 radical (unpaired) electrons. The second-order valence-corrected chi connectivity index (χ2v) is 7.19. The number of nitrogens with one attached hydrogen (secondary N) is 2. The number of thiophene rings is 1. The van der Waals surface area contributed by atoms with Gasteiger partial charge in [-0.1, -0.05) is 6.07 Å². The van der Waals surface area contributed by atoms with Crippen LogP contribution in [-0.2, 0) is 13.1 Å². The lowest BCUT2D eigenvalue weighted by Crippen LogP contribution is -2.36. The van der Waals surface area contributed by atoms with Gasteiger partial charge in [0.15, 0.2) is 5.96 Å². The normalized spacial score (nSPS) is 11.6. The zero-order valence-electron chi connectivity index (χ0n) is 14.9. The highest BCUT2D eigenvalue weighted by Gasteiger charge is 2.06. The van der Waals surface area contributed by atoms with Crippen LogP contribution in [0.5, 0.6) is 0 Å². The van der Waals surface area contributed by atoms with E-state index in [0.717, 1.165) is 24.6 Å². The molecule has 0 saturated heterocycles. The number of aromatic nitrogens is 2. The average molecular weight is 371 g/mol. The molecular weight excluding hydrogens is 349 g/mol. The molecular formula is C19H22FN5S. The lowest BCUT2D eigenvalue weighted by molar-refractivity contribution is 0.615. The molecule has 26 heavy (non-hydrogen) atoms. The van der Waals surface area contributed by atoms with Gasteiger partial charge in [0.2, 0.25) is 0 Å². The van der Waals surface area contributed by atoms with Crippen LogP contribution in [0.4, 0.5) is 4.39 Å². The third kappa shape index (κ3) is 4.70. The van der Waals surface area contributed by atoms with E-state index in [4.69, 9.17) is 0 Å². The summed E-state index contributed by atoms with van der Waals surface area (Å²) in [6.07, 6.45) is 4.92. The molecule has 0 aliphatic rings. The van der Waals surface area contributed by atoms with Crippen LogP contribution in [0.15, 0.2) is 54.0 Å². The maximum Gasteiger partial charge on any atom is 0.191 e. The highest BCUT2D eigenvalue weighted by atomic mass is 32.1. The summed E-state index contributed by atoms with van der Waals surface area (Å²) in [4.78, 5) is 11.0. The summed E-state index contributed by atoms with van der Waals surface area (Å²) in [6.45, 7) is 6.00. The predicted octanol–water partition coefficient (Wildman–Crippen LogP) is 3.64. The third-order valence-corrected chi connectivity index (χ3v) is 4.79. The molecule has 0 atom stereocenters. The molecule has 0 fully saturated rings. The Balaban J connectivity index is 1.66. The van der Waals surface area contributed by atoms with E-state index in [2.05, 4.69) is 39.7 Å². The van der Waals surface area contributed by atoms with Crippen LogP contribution in [0.1, 0.15) is 22.2 Å². The lowest BCUT2D eigenvalue weighted by Gasteiger charge is -2.11. The van der Waals surface area contributed by atoms with Crippen LogP contribution < -0.4 is 10.6 Å². The lowest BCUT2D eigenvalue weighted by atomic mass is 10.2. The number of halogens is 1. The maximum absolute atomic E-state index is 14.3. The largest absolute Gasteiger partial charge is 0.357 e. The van der Waals surface area contributed by atoms with Gasteiger partial charge in [0.25, 0.3) is 0 Å². The zero-order chi connectivity index (χ0) is 18.4. The highest BCUT2D eigenvalue weighted by Crippen LogP contribution is 2.16. The van der Waals surface area contributed by atoms with Gasteiger partial charge in [0.1, 0.15) is 5.82 Å². The number of aryl methyl sites for hydroxylation is 1. The Morgan fingerprint density at radius 2 is 2.15 bits per heavy atom. The molecule has 2 heterocycles. The number of aliphatic imine (C=N–C) groups is 1. The first-order chi connectivity index (χ1) is 12.7. The van der Waals surface area contributed by atoms with Crippen molar-refractivity contribution in [2.24, 2.45) is 4.99 Å². The third-order valence-electron chi connectivity index (χ3n) is 3.78. The molecule has 0 aliphatic heterocycles. The summed E-state index contributed by atoms with van der Waals surface area (Å²) in [5.74, 6) is 0.431. The maximum atomic E-state index is 14.3. The molecule has 0 unspecified atom stereocenters. The fourth-order valence-corrected chi connectivity index (χ4v) is 3.35. The van der Waals surface area contributed by atoms with Gasteiger partial charge in [-0.25, -0.2) is 14.4 Å². The van der Waals surface area contributed by atoms with Crippen molar-refractivity contribution < 1.29 is 4.39 Å². The second-order valence-electron chi connectivity index (χ2n) is 5.82. The summed E-state index contributed by atoms with van der Waals surface area (Å²) >= 11 is 1.76. The first-order valence-electron chi connectivity index (χ1n) is 8.50. The smallest absolute Gasteiger partial charge is 0.191 e. The highest BCUT2D eigenvalue weighted by molar-refractivity contribution is 7.11. The minimum atomic E-state index is -0.289. The first kappa shape index (κ1) is 18.1. The molecule has 0 spiro atoms. The van der Waals surface area contributed by atoms with E-state index in [1.807, 2.05) is 13.0 Å². The van der Waals surface area contributed by atoms with Crippen LogP contribution in [0.25, 0.3) is 5.69 Å². The summed E-state index contributed by atoms with van der Waals surface area (Å²) in [7, 11) is 0. The Morgan fingerprint density at radius 3 is 2.81 bits per heavy atom. The molecule has 2 N–H and O–H groups in total. The van der Waals surface area contributed by atoms with Crippen molar-refractivity contribution in [1.82, 2.24) is 20.2 Å². The molecule has 3 aromatic rings. The summed E-state index contributed by atoms with van der Waals surface area (Å²) in [5.41, 5.74) is 1.30. The van der Waals surface area contributed by atoms with Crippen molar-refractivity contribution in [3.8, 4) is 5.69 Å². The molecule has 0 saturated carbocycles. The number of imidazole rings is 1. The Kier molecular flexibility index (Phi) is 6.01. The Morgan fingerprint density at radius 1 is 1.27 bits per heavy atom. The SMILES string of the molecule is CCNC(=NCc1ccc(-n2ccnc2)c(F)c1)NCc1ccc(C)s1. The Hall–Kier alpha value is -2.67. The van der Waals surface area contributed by atoms with Gasteiger partial charge in [0, 0.05) is 28.7 Å². The molecule has 0 aliphatic carbocycles. The standard InChI is InChI=1S/C19H22FN5S/c1-3-22-19(24-12-16-6-4-14(2)26-16)23-11-15-5-7-18(17(20)10-15)25-9-8-21-13-25/h4-10,13H,3,11-12H2,1-2H3,(H2,22,23,24). The molecule has 5 nitrogen and oxygen atoms in total. The van der Waals surface area contributed by atoms with Crippen LogP contribution in [-0.4, -0.2) is 22.1 Å². The van der Waals surface area contributed by atoms with Gasteiger partial charge in [-0.05, 0) is 43.7 Å². The van der Waals surface area contributed by atoms with Crippen LogP contribution in [0.3, 0.4) is 0 Å². The van der Waals surface area contributed by atoms with E-state index >= 15 is 0 Å². The molecule has 2 aromatic heterocycles. The molecule has 7 heteroatoms. The molecule has 0 bridgehead atoms. The second kappa shape index (κ2) is 8.62. The number of guanidine groups is 1.